The first-order valence-electron chi connectivity index (χ1n) is 9.04. The molecular formula is C21H26N2O2. The smallest absolute Gasteiger partial charge is 0.321 e. The van der Waals surface area contributed by atoms with Gasteiger partial charge in [-0.1, -0.05) is 18.2 Å². The van der Waals surface area contributed by atoms with Gasteiger partial charge in [-0.3, -0.25) is 4.90 Å². The van der Waals surface area contributed by atoms with Crippen molar-refractivity contribution < 1.29 is 9.53 Å². The van der Waals surface area contributed by atoms with E-state index >= 15 is 0 Å². The minimum atomic E-state index is -0.0920. The van der Waals surface area contributed by atoms with Gasteiger partial charge in [0, 0.05) is 12.2 Å². The van der Waals surface area contributed by atoms with E-state index in [0.717, 1.165) is 23.4 Å². The standard InChI is InChI=1S/C21H26N2O2/c1-3-23(19-9-4-6-16(2)14-19)21(24)22-12-13-25-20-11-10-17-7-5-8-18(17)15-20/h4,6,9-11,14-15H,3,5,7-8,12-13H2,1-2H3,(H,22,24). The van der Waals surface area contributed by atoms with Crippen molar-refractivity contribution in [1.82, 2.24) is 5.32 Å². The summed E-state index contributed by atoms with van der Waals surface area (Å²) in [5.74, 6) is 0.890. The second-order valence-electron chi connectivity index (χ2n) is 6.45. The lowest BCUT2D eigenvalue weighted by Crippen LogP contribution is -2.41. The van der Waals surface area contributed by atoms with Gasteiger partial charge in [-0.15, -0.1) is 0 Å². The fourth-order valence-electron chi connectivity index (χ4n) is 3.30. The number of urea groups is 1. The van der Waals surface area contributed by atoms with Gasteiger partial charge < -0.3 is 10.1 Å². The van der Waals surface area contributed by atoms with Crippen LogP contribution in [0.5, 0.6) is 5.75 Å². The van der Waals surface area contributed by atoms with Crippen LogP contribution in [0.2, 0.25) is 0 Å². The van der Waals surface area contributed by atoms with Crippen molar-refractivity contribution in [2.75, 3.05) is 24.6 Å². The summed E-state index contributed by atoms with van der Waals surface area (Å²) in [6.45, 7) is 5.58. The van der Waals surface area contributed by atoms with Crippen LogP contribution in [-0.4, -0.2) is 25.7 Å². The average Bonchev–Trinajstić information content (AvgIpc) is 3.07. The Morgan fingerprint density at radius 2 is 2.00 bits per heavy atom. The molecule has 2 aromatic carbocycles. The first-order chi connectivity index (χ1) is 12.2. The van der Waals surface area contributed by atoms with Gasteiger partial charge in [0.1, 0.15) is 12.4 Å². The summed E-state index contributed by atoms with van der Waals surface area (Å²) in [6, 6.07) is 14.2. The number of rotatable bonds is 6. The van der Waals surface area contributed by atoms with E-state index in [4.69, 9.17) is 4.74 Å². The van der Waals surface area contributed by atoms with Crippen LogP contribution in [0.1, 0.15) is 30.0 Å². The monoisotopic (exact) mass is 338 g/mol. The Labute approximate surface area is 149 Å². The number of nitrogens with one attached hydrogen (secondary N) is 1. The molecule has 4 nitrogen and oxygen atoms in total. The maximum absolute atomic E-state index is 12.4. The highest BCUT2D eigenvalue weighted by Crippen LogP contribution is 2.25. The summed E-state index contributed by atoms with van der Waals surface area (Å²) >= 11 is 0. The van der Waals surface area contributed by atoms with Crippen LogP contribution in [0.3, 0.4) is 0 Å². The van der Waals surface area contributed by atoms with Crippen LogP contribution in [0, 0.1) is 6.92 Å². The van der Waals surface area contributed by atoms with E-state index in [2.05, 4.69) is 17.4 Å². The normalized spacial score (nSPS) is 12.6. The third-order valence-electron chi connectivity index (χ3n) is 4.59. The Balaban J connectivity index is 1.48. The number of carbonyl (C=O) groups excluding carboxylic acids is 1. The van der Waals surface area contributed by atoms with Crippen LogP contribution in [-0.2, 0) is 12.8 Å². The number of fused-ring (bicyclic) bond motifs is 1. The molecular weight excluding hydrogens is 312 g/mol. The highest BCUT2D eigenvalue weighted by molar-refractivity contribution is 5.91. The van der Waals surface area contributed by atoms with Crippen molar-refractivity contribution in [3.05, 3.63) is 59.2 Å². The molecule has 1 aliphatic rings. The summed E-state index contributed by atoms with van der Waals surface area (Å²) in [4.78, 5) is 14.1. The minimum Gasteiger partial charge on any atom is -0.492 e. The number of aryl methyl sites for hydroxylation is 3. The van der Waals surface area contributed by atoms with Crippen molar-refractivity contribution in [3.63, 3.8) is 0 Å². The molecule has 4 heteroatoms. The fraction of sp³-hybridized carbons (Fsp3) is 0.381. The van der Waals surface area contributed by atoms with Gasteiger partial charge in [0.2, 0.25) is 0 Å². The number of hydrogen-bond acceptors (Lipinski definition) is 2. The number of carbonyl (C=O) groups is 1. The first-order valence-corrected chi connectivity index (χ1v) is 9.04. The van der Waals surface area contributed by atoms with Crippen molar-refractivity contribution >= 4 is 11.7 Å². The maximum Gasteiger partial charge on any atom is 0.321 e. The zero-order chi connectivity index (χ0) is 17.6. The van der Waals surface area contributed by atoms with E-state index in [1.54, 1.807) is 4.90 Å². The summed E-state index contributed by atoms with van der Waals surface area (Å²) in [5.41, 5.74) is 4.90. The molecule has 0 aromatic heterocycles. The molecule has 0 aliphatic heterocycles. The molecule has 0 saturated carbocycles. The average molecular weight is 338 g/mol. The SMILES string of the molecule is CCN(C(=O)NCCOc1ccc2c(c1)CCC2)c1cccc(C)c1. The van der Waals surface area contributed by atoms with Gasteiger partial charge >= 0.3 is 6.03 Å². The second-order valence-corrected chi connectivity index (χ2v) is 6.45. The molecule has 0 bridgehead atoms. The Bertz CT molecular complexity index is 742. The lowest BCUT2D eigenvalue weighted by molar-refractivity contribution is 0.242. The fourth-order valence-corrected chi connectivity index (χ4v) is 3.30. The lowest BCUT2D eigenvalue weighted by atomic mass is 10.1. The molecule has 0 radical (unpaired) electrons. The van der Waals surface area contributed by atoms with Crippen LogP contribution >= 0.6 is 0 Å². The Kier molecular flexibility index (Phi) is 5.59. The molecule has 2 amide bonds. The van der Waals surface area contributed by atoms with Gasteiger partial charge in [-0.2, -0.15) is 0 Å². The number of ether oxygens (including phenoxy) is 1. The summed E-state index contributed by atoms with van der Waals surface area (Å²) in [5, 5.41) is 2.94. The second kappa shape index (κ2) is 8.06. The molecule has 0 unspecified atom stereocenters. The van der Waals surface area contributed by atoms with E-state index in [9.17, 15) is 4.79 Å². The van der Waals surface area contributed by atoms with Gasteiger partial charge in [-0.25, -0.2) is 4.79 Å². The zero-order valence-electron chi connectivity index (χ0n) is 15.0. The topological polar surface area (TPSA) is 41.6 Å². The van der Waals surface area contributed by atoms with Gasteiger partial charge in [0.05, 0.1) is 6.54 Å². The van der Waals surface area contributed by atoms with Crippen LogP contribution in [0.4, 0.5) is 10.5 Å². The number of nitrogens with zero attached hydrogens (tertiary/aromatic N) is 1. The number of anilines is 1. The molecule has 2 aromatic rings. The van der Waals surface area contributed by atoms with Crippen molar-refractivity contribution in [3.8, 4) is 5.75 Å². The number of amides is 2. The summed E-state index contributed by atoms with van der Waals surface area (Å²) in [6.07, 6.45) is 3.56. The van der Waals surface area contributed by atoms with E-state index in [1.807, 2.05) is 44.2 Å². The predicted octanol–water partition coefficient (Wildman–Crippen LogP) is 4.10. The molecule has 0 heterocycles. The van der Waals surface area contributed by atoms with E-state index in [0.29, 0.717) is 19.7 Å². The molecule has 0 spiro atoms. The van der Waals surface area contributed by atoms with E-state index < -0.39 is 0 Å². The Hall–Kier alpha value is -2.49. The lowest BCUT2D eigenvalue weighted by Gasteiger charge is -2.22. The summed E-state index contributed by atoms with van der Waals surface area (Å²) < 4.78 is 5.79. The van der Waals surface area contributed by atoms with Crippen LogP contribution in [0.15, 0.2) is 42.5 Å². The van der Waals surface area contributed by atoms with E-state index in [1.165, 1.54) is 24.0 Å². The molecule has 0 atom stereocenters. The number of benzene rings is 2. The van der Waals surface area contributed by atoms with Crippen LogP contribution < -0.4 is 15.0 Å². The molecule has 1 aliphatic carbocycles. The molecule has 1 N–H and O–H groups in total. The molecule has 0 saturated heterocycles. The first kappa shape index (κ1) is 17.3. The van der Waals surface area contributed by atoms with Crippen molar-refractivity contribution in [1.29, 1.82) is 0 Å². The minimum absolute atomic E-state index is 0.0920. The largest absolute Gasteiger partial charge is 0.492 e. The zero-order valence-corrected chi connectivity index (χ0v) is 15.0. The molecule has 3 rings (SSSR count). The van der Waals surface area contributed by atoms with Crippen LogP contribution in [0.25, 0.3) is 0 Å². The Morgan fingerprint density at radius 3 is 2.80 bits per heavy atom. The predicted molar refractivity (Wildman–Crippen MR) is 102 cm³/mol. The number of hydrogen-bond donors (Lipinski definition) is 1. The molecule has 0 fully saturated rings. The molecule has 25 heavy (non-hydrogen) atoms. The van der Waals surface area contributed by atoms with Crippen molar-refractivity contribution in [2.45, 2.75) is 33.1 Å². The van der Waals surface area contributed by atoms with Gasteiger partial charge in [-0.05, 0) is 74.1 Å². The van der Waals surface area contributed by atoms with E-state index in [-0.39, 0.29) is 6.03 Å². The van der Waals surface area contributed by atoms with Gasteiger partial charge in [0.15, 0.2) is 0 Å². The Morgan fingerprint density at radius 1 is 1.16 bits per heavy atom. The van der Waals surface area contributed by atoms with Gasteiger partial charge in [0.25, 0.3) is 0 Å². The third kappa shape index (κ3) is 4.32. The highest BCUT2D eigenvalue weighted by atomic mass is 16.5. The van der Waals surface area contributed by atoms with Crippen molar-refractivity contribution in [2.24, 2.45) is 0 Å². The maximum atomic E-state index is 12.4. The third-order valence-corrected chi connectivity index (χ3v) is 4.59. The molecule has 132 valence electrons. The quantitative estimate of drug-likeness (QED) is 0.806. The summed E-state index contributed by atoms with van der Waals surface area (Å²) in [7, 11) is 0. The highest BCUT2D eigenvalue weighted by Gasteiger charge is 2.14.